The minimum atomic E-state index is -0.189. The van der Waals surface area contributed by atoms with Gasteiger partial charge in [0.25, 0.3) is 0 Å². The largest absolute Gasteiger partial charge is 0.497 e. The maximum atomic E-state index is 14.4. The highest BCUT2D eigenvalue weighted by Crippen LogP contribution is 2.45. The topological polar surface area (TPSA) is 30.5 Å². The molecule has 4 atom stereocenters. The molecule has 2 saturated heterocycles. The lowest BCUT2D eigenvalue weighted by molar-refractivity contribution is 0.0854. The van der Waals surface area contributed by atoms with Gasteiger partial charge in [-0.25, -0.2) is 4.39 Å². The Morgan fingerprint density at radius 3 is 2.86 bits per heavy atom. The molecule has 0 radical (unpaired) electrons. The third kappa shape index (κ3) is 2.92. The van der Waals surface area contributed by atoms with Crippen molar-refractivity contribution in [1.29, 1.82) is 0 Å². The lowest BCUT2D eigenvalue weighted by atomic mass is 9.80. The van der Waals surface area contributed by atoms with E-state index in [2.05, 4.69) is 12.2 Å². The number of fused-ring (bicyclic) bond motifs is 2. The molecule has 3 rings (SSSR count). The van der Waals surface area contributed by atoms with Crippen LogP contribution in [0.3, 0.4) is 0 Å². The number of benzene rings is 1. The zero-order chi connectivity index (χ0) is 14.8. The molecule has 1 N–H and O–H groups in total. The normalized spacial score (nSPS) is 28.8. The van der Waals surface area contributed by atoms with Crippen molar-refractivity contribution in [3.05, 3.63) is 29.6 Å². The van der Waals surface area contributed by atoms with E-state index in [1.807, 2.05) is 12.1 Å². The molecule has 4 unspecified atom stereocenters. The van der Waals surface area contributed by atoms with Gasteiger partial charge < -0.3 is 14.8 Å². The number of rotatable bonds is 6. The van der Waals surface area contributed by atoms with Gasteiger partial charge in [0.2, 0.25) is 0 Å². The number of ether oxygens (including phenoxy) is 2. The van der Waals surface area contributed by atoms with Crippen molar-refractivity contribution in [2.24, 2.45) is 5.92 Å². The lowest BCUT2D eigenvalue weighted by Crippen LogP contribution is -2.34. The summed E-state index contributed by atoms with van der Waals surface area (Å²) in [4.78, 5) is 0. The van der Waals surface area contributed by atoms with Crippen LogP contribution in [0.15, 0.2) is 18.2 Å². The molecule has 0 aromatic heterocycles. The average Bonchev–Trinajstić information content (AvgIpc) is 3.11. The molecule has 2 aliphatic heterocycles. The zero-order valence-electron chi connectivity index (χ0n) is 12.8. The molecule has 116 valence electrons. The molecule has 1 aromatic carbocycles. The average molecular weight is 293 g/mol. The van der Waals surface area contributed by atoms with Gasteiger partial charge in [0.05, 0.1) is 19.3 Å². The Morgan fingerprint density at radius 1 is 1.43 bits per heavy atom. The fourth-order valence-corrected chi connectivity index (χ4v) is 3.71. The van der Waals surface area contributed by atoms with Gasteiger partial charge in [-0.3, -0.25) is 0 Å². The van der Waals surface area contributed by atoms with Gasteiger partial charge in [-0.15, -0.1) is 0 Å². The van der Waals surface area contributed by atoms with E-state index in [0.717, 1.165) is 37.8 Å². The molecule has 0 amide bonds. The van der Waals surface area contributed by atoms with E-state index in [1.54, 1.807) is 7.11 Å². The Hall–Kier alpha value is -1.13. The van der Waals surface area contributed by atoms with Crippen molar-refractivity contribution in [2.45, 2.75) is 50.9 Å². The highest BCUT2D eigenvalue weighted by atomic mass is 19.1. The molecule has 3 nitrogen and oxygen atoms in total. The van der Waals surface area contributed by atoms with E-state index in [0.29, 0.717) is 17.8 Å². The maximum Gasteiger partial charge on any atom is 0.131 e. The van der Waals surface area contributed by atoms with Gasteiger partial charge in [-0.2, -0.15) is 0 Å². The van der Waals surface area contributed by atoms with E-state index in [-0.39, 0.29) is 18.0 Å². The van der Waals surface area contributed by atoms with Gasteiger partial charge in [0.1, 0.15) is 11.6 Å². The first-order valence-corrected chi connectivity index (χ1v) is 7.95. The van der Waals surface area contributed by atoms with E-state index >= 15 is 0 Å². The second-order valence-electron chi connectivity index (χ2n) is 6.09. The SMILES string of the molecule is CCCNC(c1ccc(OC)cc1F)C1CC2CCC1O2. The van der Waals surface area contributed by atoms with Gasteiger partial charge in [-0.1, -0.05) is 13.0 Å². The van der Waals surface area contributed by atoms with Crippen LogP contribution < -0.4 is 10.1 Å². The standard InChI is InChI=1S/C17H24FNO2/c1-3-8-19-17(14-9-12-5-7-16(14)21-12)13-6-4-11(20-2)10-15(13)18/h4,6,10,12,14,16-17,19H,3,5,7-9H2,1-2H3. The summed E-state index contributed by atoms with van der Waals surface area (Å²) >= 11 is 0. The molecular formula is C17H24FNO2. The quantitative estimate of drug-likeness (QED) is 0.871. The summed E-state index contributed by atoms with van der Waals surface area (Å²) in [6.45, 7) is 3.02. The Morgan fingerprint density at radius 2 is 2.29 bits per heavy atom. The third-order valence-corrected chi connectivity index (χ3v) is 4.74. The highest BCUT2D eigenvalue weighted by Gasteiger charge is 2.45. The summed E-state index contributed by atoms with van der Waals surface area (Å²) in [6, 6.07) is 5.20. The molecule has 1 aromatic rings. The molecule has 2 heterocycles. The Balaban J connectivity index is 1.85. The van der Waals surface area contributed by atoms with Crippen molar-refractivity contribution in [3.63, 3.8) is 0 Å². The molecule has 0 saturated carbocycles. The summed E-state index contributed by atoms with van der Waals surface area (Å²) in [6.07, 6.45) is 5.01. The first-order chi connectivity index (χ1) is 10.2. The predicted octanol–water partition coefficient (Wildman–Crippen LogP) is 3.44. The van der Waals surface area contributed by atoms with Crippen molar-refractivity contribution in [1.82, 2.24) is 5.32 Å². The molecule has 2 bridgehead atoms. The lowest BCUT2D eigenvalue weighted by Gasteiger charge is -2.30. The third-order valence-electron chi connectivity index (χ3n) is 4.74. The van der Waals surface area contributed by atoms with Crippen LogP contribution in [0.4, 0.5) is 4.39 Å². The van der Waals surface area contributed by atoms with Crippen LogP contribution in [-0.2, 0) is 4.74 Å². The van der Waals surface area contributed by atoms with Crippen molar-refractivity contribution < 1.29 is 13.9 Å². The predicted molar refractivity (Wildman–Crippen MR) is 80.0 cm³/mol. The number of nitrogens with one attached hydrogen (secondary N) is 1. The van der Waals surface area contributed by atoms with Crippen LogP contribution in [0.25, 0.3) is 0 Å². The van der Waals surface area contributed by atoms with Crippen LogP contribution in [0, 0.1) is 11.7 Å². The van der Waals surface area contributed by atoms with E-state index in [4.69, 9.17) is 9.47 Å². The number of hydrogen-bond acceptors (Lipinski definition) is 3. The molecule has 0 aliphatic carbocycles. The van der Waals surface area contributed by atoms with Gasteiger partial charge in [-0.05, 0) is 38.3 Å². The first-order valence-electron chi connectivity index (χ1n) is 7.95. The smallest absolute Gasteiger partial charge is 0.131 e. The van der Waals surface area contributed by atoms with E-state index in [1.165, 1.54) is 6.07 Å². The molecule has 21 heavy (non-hydrogen) atoms. The van der Waals surface area contributed by atoms with E-state index < -0.39 is 0 Å². The number of hydrogen-bond donors (Lipinski definition) is 1. The van der Waals surface area contributed by atoms with Gasteiger partial charge in [0.15, 0.2) is 0 Å². The second kappa shape index (κ2) is 6.32. The minimum absolute atomic E-state index is 0.0335. The fraction of sp³-hybridized carbons (Fsp3) is 0.647. The Bertz CT molecular complexity index is 494. The van der Waals surface area contributed by atoms with Crippen molar-refractivity contribution in [3.8, 4) is 5.75 Å². The molecule has 2 aliphatic rings. The summed E-state index contributed by atoms with van der Waals surface area (Å²) < 4.78 is 25.5. The summed E-state index contributed by atoms with van der Waals surface area (Å²) in [7, 11) is 1.56. The second-order valence-corrected chi connectivity index (χ2v) is 6.09. The monoisotopic (exact) mass is 293 g/mol. The fourth-order valence-electron chi connectivity index (χ4n) is 3.71. The van der Waals surface area contributed by atoms with Gasteiger partial charge >= 0.3 is 0 Å². The van der Waals surface area contributed by atoms with Crippen LogP contribution in [0.2, 0.25) is 0 Å². The van der Waals surface area contributed by atoms with Crippen LogP contribution in [0.5, 0.6) is 5.75 Å². The Kier molecular flexibility index (Phi) is 4.45. The summed E-state index contributed by atoms with van der Waals surface area (Å²) in [5.74, 6) is 0.749. The first kappa shape index (κ1) is 14.8. The van der Waals surface area contributed by atoms with Crippen LogP contribution in [0.1, 0.15) is 44.2 Å². The summed E-state index contributed by atoms with van der Waals surface area (Å²) in [5, 5.41) is 3.53. The maximum absolute atomic E-state index is 14.4. The van der Waals surface area contributed by atoms with Gasteiger partial charge in [0, 0.05) is 23.6 Å². The zero-order valence-corrected chi connectivity index (χ0v) is 12.8. The molecule has 4 heteroatoms. The van der Waals surface area contributed by atoms with Crippen molar-refractivity contribution in [2.75, 3.05) is 13.7 Å². The molecule has 0 spiro atoms. The van der Waals surface area contributed by atoms with Crippen LogP contribution >= 0.6 is 0 Å². The highest BCUT2D eigenvalue weighted by molar-refractivity contribution is 5.31. The van der Waals surface area contributed by atoms with Crippen LogP contribution in [-0.4, -0.2) is 25.9 Å². The van der Waals surface area contributed by atoms with E-state index in [9.17, 15) is 4.39 Å². The molecular weight excluding hydrogens is 269 g/mol. The minimum Gasteiger partial charge on any atom is -0.497 e. The van der Waals surface area contributed by atoms with Crippen molar-refractivity contribution >= 4 is 0 Å². The number of methoxy groups -OCH3 is 1. The Labute approximate surface area is 125 Å². The summed E-state index contributed by atoms with van der Waals surface area (Å²) in [5.41, 5.74) is 0.741. The molecule has 2 fully saturated rings. The number of halogens is 1.